The quantitative estimate of drug-likeness (QED) is 0.916. The van der Waals surface area contributed by atoms with Crippen LogP contribution in [0.2, 0.25) is 0 Å². The molecule has 1 aliphatic carbocycles. The highest BCUT2D eigenvalue weighted by atomic mass is 32.1. The molecule has 1 amide bonds. The van der Waals surface area contributed by atoms with Crippen LogP contribution in [0.3, 0.4) is 0 Å². The minimum atomic E-state index is 0.0236. The van der Waals surface area contributed by atoms with Gasteiger partial charge < -0.3 is 4.90 Å². The summed E-state index contributed by atoms with van der Waals surface area (Å²) in [6.07, 6.45) is 6.99. The molecule has 1 aromatic heterocycles. The van der Waals surface area contributed by atoms with E-state index in [0.29, 0.717) is 11.9 Å². The molecule has 3 nitrogen and oxygen atoms in total. The third-order valence-corrected chi connectivity index (χ3v) is 5.05. The molecule has 1 saturated heterocycles. The van der Waals surface area contributed by atoms with Gasteiger partial charge in [0.05, 0.1) is 6.04 Å². The second kappa shape index (κ2) is 5.63. The van der Waals surface area contributed by atoms with Crippen LogP contribution >= 0.6 is 11.3 Å². The van der Waals surface area contributed by atoms with Gasteiger partial charge in [0.2, 0.25) is 5.91 Å². The van der Waals surface area contributed by atoms with Crippen molar-refractivity contribution in [3.05, 3.63) is 22.4 Å². The van der Waals surface area contributed by atoms with E-state index >= 15 is 0 Å². The fourth-order valence-electron chi connectivity index (χ4n) is 3.41. The number of rotatable bonds is 4. The van der Waals surface area contributed by atoms with E-state index in [2.05, 4.69) is 34.0 Å². The Morgan fingerprint density at radius 1 is 1.42 bits per heavy atom. The van der Waals surface area contributed by atoms with Gasteiger partial charge in [-0.05, 0) is 41.7 Å². The van der Waals surface area contributed by atoms with Gasteiger partial charge >= 0.3 is 0 Å². The summed E-state index contributed by atoms with van der Waals surface area (Å²) in [5, 5.41) is 7.82. The third kappa shape index (κ3) is 2.43. The SMILES string of the molecule is CCCC1NC(c2ccsc2)N(C2CCCC2)C1=O. The van der Waals surface area contributed by atoms with E-state index in [-0.39, 0.29) is 12.2 Å². The minimum absolute atomic E-state index is 0.0236. The summed E-state index contributed by atoms with van der Waals surface area (Å²) in [4.78, 5) is 14.8. The average molecular weight is 278 g/mol. The van der Waals surface area contributed by atoms with Crippen molar-refractivity contribution >= 4 is 17.2 Å². The van der Waals surface area contributed by atoms with E-state index in [9.17, 15) is 4.79 Å². The van der Waals surface area contributed by atoms with Crippen molar-refractivity contribution in [3.8, 4) is 0 Å². The van der Waals surface area contributed by atoms with E-state index in [0.717, 1.165) is 12.8 Å². The number of hydrogen-bond donors (Lipinski definition) is 1. The Hall–Kier alpha value is -0.870. The molecule has 1 saturated carbocycles. The Kier molecular flexibility index (Phi) is 3.89. The first-order valence-corrected chi connectivity index (χ1v) is 8.36. The van der Waals surface area contributed by atoms with Gasteiger partial charge in [0.25, 0.3) is 0 Å². The lowest BCUT2D eigenvalue weighted by molar-refractivity contribution is -0.132. The van der Waals surface area contributed by atoms with Crippen molar-refractivity contribution < 1.29 is 4.79 Å². The summed E-state index contributed by atoms with van der Waals surface area (Å²) in [5.74, 6) is 0.324. The van der Waals surface area contributed by atoms with Crippen LogP contribution in [0.15, 0.2) is 16.8 Å². The van der Waals surface area contributed by atoms with Gasteiger partial charge in [0.1, 0.15) is 6.17 Å². The molecule has 3 rings (SSSR count). The molecular formula is C15H22N2OS. The lowest BCUT2D eigenvalue weighted by atomic mass is 10.1. The summed E-state index contributed by atoms with van der Waals surface area (Å²) < 4.78 is 0. The van der Waals surface area contributed by atoms with Gasteiger partial charge in [0.15, 0.2) is 0 Å². The number of hydrogen-bond acceptors (Lipinski definition) is 3. The fourth-order valence-corrected chi connectivity index (χ4v) is 4.08. The van der Waals surface area contributed by atoms with Crippen LogP contribution in [0.1, 0.15) is 57.2 Å². The Bertz CT molecular complexity index is 425. The zero-order valence-electron chi connectivity index (χ0n) is 11.5. The van der Waals surface area contributed by atoms with Crippen molar-refractivity contribution in [3.63, 3.8) is 0 Å². The monoisotopic (exact) mass is 278 g/mol. The highest BCUT2D eigenvalue weighted by Gasteiger charge is 2.43. The molecule has 4 heteroatoms. The zero-order chi connectivity index (χ0) is 13.2. The highest BCUT2D eigenvalue weighted by Crippen LogP contribution is 2.35. The first-order chi connectivity index (χ1) is 9.31. The fraction of sp³-hybridized carbons (Fsp3) is 0.667. The van der Waals surface area contributed by atoms with E-state index in [1.54, 1.807) is 11.3 Å². The van der Waals surface area contributed by atoms with E-state index in [4.69, 9.17) is 0 Å². The molecule has 2 aliphatic rings. The summed E-state index contributed by atoms with van der Waals surface area (Å²) in [6, 6.07) is 2.62. The maximum absolute atomic E-state index is 12.7. The first-order valence-electron chi connectivity index (χ1n) is 7.41. The first kappa shape index (κ1) is 13.1. The van der Waals surface area contributed by atoms with Crippen LogP contribution in [-0.4, -0.2) is 22.9 Å². The number of carbonyl (C=O) groups excluding carboxylic acids is 1. The third-order valence-electron chi connectivity index (χ3n) is 4.34. The lowest BCUT2D eigenvalue weighted by Gasteiger charge is -2.29. The van der Waals surface area contributed by atoms with Gasteiger partial charge in [-0.1, -0.05) is 26.2 Å². The summed E-state index contributed by atoms with van der Waals surface area (Å²) in [6.45, 7) is 2.15. The molecular weight excluding hydrogens is 256 g/mol. The minimum Gasteiger partial charge on any atom is -0.319 e. The van der Waals surface area contributed by atoms with Crippen molar-refractivity contribution in [2.75, 3.05) is 0 Å². The number of amides is 1. The molecule has 1 N–H and O–H groups in total. The van der Waals surface area contributed by atoms with E-state index in [1.165, 1.54) is 31.2 Å². The van der Waals surface area contributed by atoms with Crippen LogP contribution in [0.5, 0.6) is 0 Å². The largest absolute Gasteiger partial charge is 0.319 e. The molecule has 104 valence electrons. The predicted octanol–water partition coefficient (Wildman–Crippen LogP) is 3.29. The Labute approximate surface area is 119 Å². The van der Waals surface area contributed by atoms with Gasteiger partial charge in [0, 0.05) is 6.04 Å². The van der Waals surface area contributed by atoms with Crippen LogP contribution < -0.4 is 5.32 Å². The molecule has 0 aromatic carbocycles. The lowest BCUT2D eigenvalue weighted by Crippen LogP contribution is -2.38. The predicted molar refractivity (Wildman–Crippen MR) is 78.0 cm³/mol. The van der Waals surface area contributed by atoms with Crippen LogP contribution in [0, 0.1) is 0 Å². The molecule has 19 heavy (non-hydrogen) atoms. The Balaban J connectivity index is 1.85. The smallest absolute Gasteiger partial charge is 0.241 e. The second-order valence-corrected chi connectivity index (χ2v) is 6.43. The Morgan fingerprint density at radius 2 is 2.21 bits per heavy atom. The molecule has 2 fully saturated rings. The molecule has 1 aromatic rings. The summed E-state index contributed by atoms with van der Waals surface area (Å²) >= 11 is 1.71. The maximum atomic E-state index is 12.7. The van der Waals surface area contributed by atoms with Crippen molar-refractivity contribution in [1.82, 2.24) is 10.2 Å². The maximum Gasteiger partial charge on any atom is 0.241 e. The molecule has 2 unspecified atom stereocenters. The number of carbonyl (C=O) groups is 1. The van der Waals surface area contributed by atoms with Crippen LogP contribution in [-0.2, 0) is 4.79 Å². The average Bonchev–Trinajstić information content (AvgIpc) is 3.11. The topological polar surface area (TPSA) is 32.3 Å². The van der Waals surface area contributed by atoms with E-state index < -0.39 is 0 Å². The molecule has 0 bridgehead atoms. The van der Waals surface area contributed by atoms with Crippen molar-refractivity contribution in [1.29, 1.82) is 0 Å². The van der Waals surface area contributed by atoms with Crippen LogP contribution in [0.25, 0.3) is 0 Å². The highest BCUT2D eigenvalue weighted by molar-refractivity contribution is 7.07. The van der Waals surface area contributed by atoms with Crippen molar-refractivity contribution in [2.24, 2.45) is 0 Å². The van der Waals surface area contributed by atoms with Gasteiger partial charge in [-0.2, -0.15) is 11.3 Å². The summed E-state index contributed by atoms with van der Waals surface area (Å²) in [7, 11) is 0. The zero-order valence-corrected chi connectivity index (χ0v) is 12.3. The van der Waals surface area contributed by atoms with Gasteiger partial charge in [-0.3, -0.25) is 10.1 Å². The number of nitrogens with zero attached hydrogens (tertiary/aromatic N) is 1. The molecule has 1 aliphatic heterocycles. The van der Waals surface area contributed by atoms with Crippen molar-refractivity contribution in [2.45, 2.75) is 63.7 Å². The summed E-state index contributed by atoms with van der Waals surface area (Å²) in [5.41, 5.74) is 1.25. The van der Waals surface area contributed by atoms with Gasteiger partial charge in [-0.15, -0.1) is 0 Å². The van der Waals surface area contributed by atoms with E-state index in [1.807, 2.05) is 0 Å². The Morgan fingerprint density at radius 3 is 2.84 bits per heavy atom. The normalized spacial score (nSPS) is 28.5. The standard InChI is InChI=1S/C15H22N2OS/c1-2-5-13-15(18)17(12-6-3-4-7-12)14(16-13)11-8-9-19-10-11/h8-10,12-14,16H,2-7H2,1H3. The molecule has 0 spiro atoms. The second-order valence-electron chi connectivity index (χ2n) is 5.65. The van der Waals surface area contributed by atoms with Crippen LogP contribution in [0.4, 0.5) is 0 Å². The molecule has 0 radical (unpaired) electrons. The number of nitrogens with one attached hydrogen (secondary N) is 1. The molecule has 2 atom stereocenters. The molecule has 2 heterocycles. The number of thiophene rings is 1. The van der Waals surface area contributed by atoms with Gasteiger partial charge in [-0.25, -0.2) is 0 Å².